The van der Waals surface area contributed by atoms with Crippen molar-refractivity contribution < 1.29 is 13.9 Å². The lowest BCUT2D eigenvalue weighted by Crippen LogP contribution is -2.12. The molecule has 3 aromatic carbocycles. The predicted octanol–water partition coefficient (Wildman–Crippen LogP) is 5.55. The van der Waals surface area contributed by atoms with Crippen molar-refractivity contribution in [1.29, 1.82) is 0 Å². The van der Waals surface area contributed by atoms with Gasteiger partial charge in [0.15, 0.2) is 0 Å². The van der Waals surface area contributed by atoms with Crippen molar-refractivity contribution in [3.8, 4) is 22.8 Å². The van der Waals surface area contributed by atoms with Crippen molar-refractivity contribution in [2.75, 3.05) is 0 Å². The maximum atomic E-state index is 13.4. The number of nitrogens with zero attached hydrogens (tertiary/aromatic N) is 2. The van der Waals surface area contributed by atoms with Gasteiger partial charge in [-0.25, -0.2) is 9.18 Å². The molecule has 1 heterocycles. The maximum absolute atomic E-state index is 13.4. The minimum atomic E-state index is -0.688. The van der Waals surface area contributed by atoms with E-state index in [-0.39, 0.29) is 11.4 Å². The monoisotopic (exact) mass is 392 g/mol. The summed E-state index contributed by atoms with van der Waals surface area (Å²) in [6.07, 6.45) is 0. The van der Waals surface area contributed by atoms with Crippen molar-refractivity contribution in [3.63, 3.8) is 0 Å². The highest BCUT2D eigenvalue weighted by atomic mass is 35.5. The molecule has 0 spiro atoms. The van der Waals surface area contributed by atoms with Crippen molar-refractivity contribution in [3.05, 3.63) is 101 Å². The second kappa shape index (κ2) is 7.66. The first kappa shape index (κ1) is 17.9. The van der Waals surface area contributed by atoms with E-state index in [1.807, 2.05) is 36.4 Å². The maximum Gasteiger partial charge on any atom is 0.344 e. The molecule has 0 radical (unpaired) electrons. The summed E-state index contributed by atoms with van der Waals surface area (Å²) in [5, 5.41) is 5.01. The number of rotatable bonds is 4. The first-order chi connectivity index (χ1) is 13.6. The van der Waals surface area contributed by atoms with Crippen LogP contribution in [0.4, 0.5) is 4.39 Å². The molecule has 0 bridgehead atoms. The Labute approximate surface area is 165 Å². The third-order valence-corrected chi connectivity index (χ3v) is 4.40. The molecule has 0 saturated carbocycles. The summed E-state index contributed by atoms with van der Waals surface area (Å²) >= 11 is 6.31. The Morgan fingerprint density at radius 2 is 1.68 bits per heavy atom. The van der Waals surface area contributed by atoms with Crippen LogP contribution in [-0.4, -0.2) is 15.7 Å². The number of halogens is 2. The van der Waals surface area contributed by atoms with Crippen LogP contribution in [0.5, 0.6) is 5.88 Å². The number of hydrogen-bond acceptors (Lipinski definition) is 3. The highest BCUT2D eigenvalue weighted by molar-refractivity contribution is 6.32. The van der Waals surface area contributed by atoms with Crippen LogP contribution >= 0.6 is 11.6 Å². The van der Waals surface area contributed by atoms with E-state index in [4.69, 9.17) is 16.3 Å². The van der Waals surface area contributed by atoms with Gasteiger partial charge in [0.25, 0.3) is 0 Å². The largest absolute Gasteiger partial charge is 0.404 e. The third-order valence-electron chi connectivity index (χ3n) is 4.08. The molecule has 138 valence electrons. The van der Waals surface area contributed by atoms with Gasteiger partial charge in [-0.15, -0.1) is 0 Å². The minimum absolute atomic E-state index is 0.105. The molecule has 0 fully saturated rings. The van der Waals surface area contributed by atoms with Gasteiger partial charge in [-0.05, 0) is 30.3 Å². The lowest BCUT2D eigenvalue weighted by atomic mass is 10.2. The SMILES string of the molecule is O=C(Oc1cc(-c2ccccc2)nn1-c1ccccc1Cl)c1cccc(F)c1. The van der Waals surface area contributed by atoms with E-state index >= 15 is 0 Å². The van der Waals surface area contributed by atoms with Crippen LogP contribution in [0.15, 0.2) is 84.9 Å². The van der Waals surface area contributed by atoms with Gasteiger partial charge in [0.2, 0.25) is 5.88 Å². The summed E-state index contributed by atoms with van der Waals surface area (Å²) in [5.41, 5.74) is 2.14. The molecule has 0 unspecified atom stereocenters. The third kappa shape index (κ3) is 3.66. The van der Waals surface area contributed by atoms with E-state index in [1.165, 1.54) is 22.9 Å². The van der Waals surface area contributed by atoms with Crippen LogP contribution in [0, 0.1) is 5.82 Å². The predicted molar refractivity (Wildman–Crippen MR) is 105 cm³/mol. The van der Waals surface area contributed by atoms with Crippen LogP contribution in [0.3, 0.4) is 0 Å². The van der Waals surface area contributed by atoms with Crippen molar-refractivity contribution in [2.24, 2.45) is 0 Å². The molecule has 1 aromatic heterocycles. The van der Waals surface area contributed by atoms with Crippen molar-refractivity contribution in [2.45, 2.75) is 0 Å². The van der Waals surface area contributed by atoms with Gasteiger partial charge >= 0.3 is 5.97 Å². The molecular formula is C22H14ClFN2O2. The number of para-hydroxylation sites is 1. The molecule has 4 rings (SSSR count). The van der Waals surface area contributed by atoms with Gasteiger partial charge < -0.3 is 4.74 Å². The van der Waals surface area contributed by atoms with Gasteiger partial charge in [-0.2, -0.15) is 9.78 Å². The fourth-order valence-electron chi connectivity index (χ4n) is 2.75. The second-order valence-corrected chi connectivity index (χ2v) is 6.40. The van der Waals surface area contributed by atoms with Crippen molar-refractivity contribution >= 4 is 17.6 Å². The molecule has 28 heavy (non-hydrogen) atoms. The first-order valence-corrected chi connectivity index (χ1v) is 8.88. The number of carbonyl (C=O) groups excluding carboxylic acids is 1. The number of benzene rings is 3. The number of ether oxygens (including phenoxy) is 1. The average Bonchev–Trinajstić information content (AvgIpc) is 3.12. The highest BCUT2D eigenvalue weighted by Crippen LogP contribution is 2.30. The first-order valence-electron chi connectivity index (χ1n) is 8.50. The summed E-state index contributed by atoms with van der Waals surface area (Å²) in [7, 11) is 0. The number of esters is 1. The molecular weight excluding hydrogens is 379 g/mol. The van der Waals surface area contributed by atoms with Gasteiger partial charge in [0, 0.05) is 11.6 Å². The zero-order chi connectivity index (χ0) is 19.5. The summed E-state index contributed by atoms with van der Waals surface area (Å²) in [6.45, 7) is 0. The van der Waals surface area contributed by atoms with Gasteiger partial charge in [-0.1, -0.05) is 60.1 Å². The highest BCUT2D eigenvalue weighted by Gasteiger charge is 2.18. The zero-order valence-corrected chi connectivity index (χ0v) is 15.3. The van der Waals surface area contributed by atoms with E-state index in [1.54, 1.807) is 24.3 Å². The molecule has 0 saturated heterocycles. The summed E-state index contributed by atoms with van der Waals surface area (Å²) in [4.78, 5) is 12.5. The lowest BCUT2D eigenvalue weighted by molar-refractivity contribution is 0.0722. The molecule has 0 aliphatic rings. The number of carbonyl (C=O) groups is 1. The Morgan fingerprint density at radius 1 is 0.929 bits per heavy atom. The molecule has 4 nitrogen and oxygen atoms in total. The summed E-state index contributed by atoms with van der Waals surface area (Å²) in [5.74, 6) is -1.02. The van der Waals surface area contributed by atoms with Gasteiger partial charge in [-0.3, -0.25) is 0 Å². The van der Waals surface area contributed by atoms with E-state index < -0.39 is 11.8 Å². The van der Waals surface area contributed by atoms with Crippen LogP contribution in [-0.2, 0) is 0 Å². The molecule has 0 aliphatic carbocycles. The van der Waals surface area contributed by atoms with E-state index in [9.17, 15) is 9.18 Å². The number of hydrogen-bond donors (Lipinski definition) is 0. The molecule has 6 heteroatoms. The van der Waals surface area contributed by atoms with E-state index in [0.717, 1.165) is 11.6 Å². The molecule has 0 N–H and O–H groups in total. The Morgan fingerprint density at radius 3 is 2.43 bits per heavy atom. The Hall–Kier alpha value is -3.44. The standard InChI is InChI=1S/C22H14ClFN2O2/c23-18-11-4-5-12-20(18)26-21(14-19(25-26)15-7-2-1-3-8-15)28-22(27)16-9-6-10-17(24)13-16/h1-14H. The van der Waals surface area contributed by atoms with Crippen LogP contribution in [0.2, 0.25) is 5.02 Å². The minimum Gasteiger partial charge on any atom is -0.404 e. The smallest absolute Gasteiger partial charge is 0.344 e. The topological polar surface area (TPSA) is 44.1 Å². The zero-order valence-electron chi connectivity index (χ0n) is 14.5. The van der Waals surface area contributed by atoms with Crippen LogP contribution in [0.25, 0.3) is 16.9 Å². The molecule has 0 atom stereocenters. The molecule has 0 aliphatic heterocycles. The summed E-state index contributed by atoms with van der Waals surface area (Å²) < 4.78 is 20.4. The van der Waals surface area contributed by atoms with Crippen LogP contribution in [0.1, 0.15) is 10.4 Å². The fraction of sp³-hybridized carbons (Fsp3) is 0. The Balaban J connectivity index is 1.77. The van der Waals surface area contributed by atoms with Crippen LogP contribution < -0.4 is 4.74 Å². The Bertz CT molecular complexity index is 1140. The fourth-order valence-corrected chi connectivity index (χ4v) is 2.97. The second-order valence-electron chi connectivity index (χ2n) is 6.00. The lowest BCUT2D eigenvalue weighted by Gasteiger charge is -2.09. The molecule has 4 aromatic rings. The average molecular weight is 393 g/mol. The number of aromatic nitrogens is 2. The van der Waals surface area contributed by atoms with E-state index in [0.29, 0.717) is 16.4 Å². The summed E-state index contributed by atoms with van der Waals surface area (Å²) in [6, 6.07) is 23.5. The quantitative estimate of drug-likeness (QED) is 0.427. The van der Waals surface area contributed by atoms with E-state index in [2.05, 4.69) is 5.10 Å². The molecule has 0 amide bonds. The normalized spacial score (nSPS) is 10.6. The van der Waals surface area contributed by atoms with Gasteiger partial charge in [0.1, 0.15) is 5.82 Å². The van der Waals surface area contributed by atoms with Crippen molar-refractivity contribution in [1.82, 2.24) is 9.78 Å². The van der Waals surface area contributed by atoms with Gasteiger partial charge in [0.05, 0.1) is 22.0 Å². The Kier molecular flexibility index (Phi) is 4.91.